The van der Waals surface area contributed by atoms with Crippen LogP contribution in [0.3, 0.4) is 0 Å². The molecule has 0 aromatic rings. The van der Waals surface area contributed by atoms with E-state index in [0.717, 1.165) is 5.92 Å². The molecule has 0 heterocycles. The van der Waals surface area contributed by atoms with Crippen LogP contribution in [0.15, 0.2) is 36.5 Å². The van der Waals surface area contributed by atoms with Crippen molar-refractivity contribution >= 4 is 0 Å². The van der Waals surface area contributed by atoms with Crippen molar-refractivity contribution < 1.29 is 0 Å². The monoisotopic (exact) mass is 252 g/mol. The van der Waals surface area contributed by atoms with Gasteiger partial charge < -0.3 is 0 Å². The molecular formula is C18H36. The van der Waals surface area contributed by atoms with E-state index in [4.69, 9.17) is 0 Å². The van der Waals surface area contributed by atoms with Crippen molar-refractivity contribution in [2.24, 2.45) is 11.8 Å². The molecule has 0 fully saturated rings. The summed E-state index contributed by atoms with van der Waals surface area (Å²) in [7, 11) is 0. The molecule has 0 radical (unpaired) electrons. The van der Waals surface area contributed by atoms with Crippen molar-refractivity contribution in [2.45, 2.75) is 68.2 Å². The van der Waals surface area contributed by atoms with Gasteiger partial charge in [-0.25, -0.2) is 0 Å². The predicted molar refractivity (Wildman–Crippen MR) is 89.0 cm³/mol. The molecule has 18 heavy (non-hydrogen) atoms. The second-order valence-corrected chi connectivity index (χ2v) is 4.27. The molecule has 0 amide bonds. The third-order valence-electron chi connectivity index (χ3n) is 2.46. The zero-order valence-electron chi connectivity index (χ0n) is 14.1. The molecule has 0 heteroatoms. The van der Waals surface area contributed by atoms with Gasteiger partial charge in [0.15, 0.2) is 0 Å². The largest absolute Gasteiger partial charge is 0.0988 e. The molecule has 0 aromatic heterocycles. The summed E-state index contributed by atoms with van der Waals surface area (Å²) in [5.74, 6) is 1.43. The Morgan fingerprint density at radius 2 is 1.50 bits per heavy atom. The Morgan fingerprint density at radius 1 is 1.00 bits per heavy atom. The molecule has 0 aliphatic heterocycles. The number of hydrogen-bond donors (Lipinski definition) is 0. The first kappa shape index (κ1) is 22.4. The van der Waals surface area contributed by atoms with Crippen LogP contribution in [-0.2, 0) is 0 Å². The maximum atomic E-state index is 3.86. The highest BCUT2D eigenvalue weighted by molar-refractivity contribution is 5.23. The SMILES string of the molecule is C=C/C(=C\C=C/C)C(C)CCC(C)C.CC.CC. The quantitative estimate of drug-likeness (QED) is 0.456. The van der Waals surface area contributed by atoms with E-state index >= 15 is 0 Å². The van der Waals surface area contributed by atoms with Gasteiger partial charge in [-0.15, -0.1) is 0 Å². The van der Waals surface area contributed by atoms with E-state index in [1.807, 2.05) is 40.7 Å². The molecule has 1 atom stereocenters. The van der Waals surface area contributed by atoms with Gasteiger partial charge in [-0.1, -0.05) is 85.8 Å². The lowest BCUT2D eigenvalue weighted by atomic mass is 9.92. The Hall–Kier alpha value is -0.780. The van der Waals surface area contributed by atoms with E-state index in [-0.39, 0.29) is 0 Å². The molecule has 0 saturated carbocycles. The summed E-state index contributed by atoms with van der Waals surface area (Å²) in [6, 6.07) is 0. The van der Waals surface area contributed by atoms with Gasteiger partial charge in [-0.05, 0) is 30.8 Å². The Kier molecular flexibility index (Phi) is 23.1. The van der Waals surface area contributed by atoms with Gasteiger partial charge in [0.05, 0.1) is 0 Å². The molecule has 0 spiro atoms. The molecule has 1 unspecified atom stereocenters. The van der Waals surface area contributed by atoms with Crippen LogP contribution in [0.25, 0.3) is 0 Å². The molecular weight excluding hydrogens is 216 g/mol. The first-order valence-electron chi connectivity index (χ1n) is 7.57. The van der Waals surface area contributed by atoms with Gasteiger partial charge in [0.25, 0.3) is 0 Å². The second-order valence-electron chi connectivity index (χ2n) is 4.27. The zero-order chi connectivity index (χ0) is 15.0. The second kappa shape index (κ2) is 18.6. The highest BCUT2D eigenvalue weighted by Crippen LogP contribution is 2.20. The third-order valence-corrected chi connectivity index (χ3v) is 2.46. The third kappa shape index (κ3) is 15.2. The van der Waals surface area contributed by atoms with Gasteiger partial charge in [0, 0.05) is 0 Å². The molecule has 0 aliphatic carbocycles. The zero-order valence-corrected chi connectivity index (χ0v) is 14.1. The molecule has 0 bridgehead atoms. The minimum Gasteiger partial charge on any atom is -0.0988 e. The van der Waals surface area contributed by atoms with Crippen LogP contribution in [0.1, 0.15) is 68.2 Å². The van der Waals surface area contributed by atoms with E-state index in [0.29, 0.717) is 5.92 Å². The molecule has 0 aromatic carbocycles. The Balaban J connectivity index is -0.000000506. The van der Waals surface area contributed by atoms with Gasteiger partial charge in [-0.2, -0.15) is 0 Å². The van der Waals surface area contributed by atoms with E-state index in [2.05, 4.69) is 45.6 Å². The van der Waals surface area contributed by atoms with Crippen LogP contribution in [0, 0.1) is 11.8 Å². The van der Waals surface area contributed by atoms with Gasteiger partial charge in [0.2, 0.25) is 0 Å². The van der Waals surface area contributed by atoms with Crippen molar-refractivity contribution in [1.82, 2.24) is 0 Å². The number of allylic oxidation sites excluding steroid dienone is 5. The molecule has 0 rings (SSSR count). The van der Waals surface area contributed by atoms with Crippen molar-refractivity contribution in [3.63, 3.8) is 0 Å². The molecule has 108 valence electrons. The molecule has 0 saturated heterocycles. The first-order chi connectivity index (χ1) is 8.61. The summed E-state index contributed by atoms with van der Waals surface area (Å²) in [4.78, 5) is 0. The van der Waals surface area contributed by atoms with E-state index in [1.54, 1.807) is 0 Å². The van der Waals surface area contributed by atoms with Crippen LogP contribution >= 0.6 is 0 Å². The van der Waals surface area contributed by atoms with Gasteiger partial charge in [-0.3, -0.25) is 0 Å². The predicted octanol–water partition coefficient (Wildman–Crippen LogP) is 6.80. The highest BCUT2D eigenvalue weighted by Gasteiger charge is 2.05. The molecule has 0 N–H and O–H groups in total. The van der Waals surface area contributed by atoms with E-state index < -0.39 is 0 Å². The number of rotatable bonds is 6. The Morgan fingerprint density at radius 3 is 1.83 bits per heavy atom. The Labute approximate surface area is 117 Å². The average Bonchev–Trinajstić information content (AvgIpc) is 2.41. The fourth-order valence-electron chi connectivity index (χ4n) is 1.39. The van der Waals surface area contributed by atoms with Crippen molar-refractivity contribution in [2.75, 3.05) is 0 Å². The fraction of sp³-hybridized carbons (Fsp3) is 0.667. The standard InChI is InChI=1S/C14H24.2C2H6/c1-6-8-9-14(7-2)13(5)11-10-12(3)4;2*1-2/h6-9,12-13H,2,10-11H2,1,3-5H3;2*1-2H3/b8-6-,14-9+;;. The van der Waals surface area contributed by atoms with Gasteiger partial charge >= 0.3 is 0 Å². The van der Waals surface area contributed by atoms with E-state index in [9.17, 15) is 0 Å². The maximum Gasteiger partial charge on any atom is -0.0191 e. The summed E-state index contributed by atoms with van der Waals surface area (Å²) >= 11 is 0. The fourth-order valence-corrected chi connectivity index (χ4v) is 1.39. The lowest BCUT2D eigenvalue weighted by Gasteiger charge is -2.13. The van der Waals surface area contributed by atoms with Crippen LogP contribution < -0.4 is 0 Å². The number of hydrogen-bond acceptors (Lipinski definition) is 0. The lowest BCUT2D eigenvalue weighted by molar-refractivity contribution is 0.494. The smallest absolute Gasteiger partial charge is 0.0191 e. The van der Waals surface area contributed by atoms with Crippen LogP contribution in [0.5, 0.6) is 0 Å². The molecule has 0 nitrogen and oxygen atoms in total. The molecule has 0 aliphatic rings. The highest BCUT2D eigenvalue weighted by atomic mass is 14.1. The normalized spacial score (nSPS) is 12.4. The summed E-state index contributed by atoms with van der Waals surface area (Å²) in [5.41, 5.74) is 1.35. The first-order valence-corrected chi connectivity index (χ1v) is 7.57. The lowest BCUT2D eigenvalue weighted by Crippen LogP contribution is -1.99. The summed E-state index contributed by atoms with van der Waals surface area (Å²) < 4.78 is 0. The summed E-state index contributed by atoms with van der Waals surface area (Å²) in [6.07, 6.45) is 10.8. The van der Waals surface area contributed by atoms with Crippen LogP contribution in [0.2, 0.25) is 0 Å². The summed E-state index contributed by atoms with van der Waals surface area (Å²) in [6.45, 7) is 20.7. The van der Waals surface area contributed by atoms with Crippen molar-refractivity contribution in [3.8, 4) is 0 Å². The van der Waals surface area contributed by atoms with E-state index in [1.165, 1.54) is 18.4 Å². The van der Waals surface area contributed by atoms with Crippen molar-refractivity contribution in [3.05, 3.63) is 36.5 Å². The minimum absolute atomic E-state index is 0.631. The summed E-state index contributed by atoms with van der Waals surface area (Å²) in [5, 5.41) is 0. The van der Waals surface area contributed by atoms with Crippen molar-refractivity contribution in [1.29, 1.82) is 0 Å². The topological polar surface area (TPSA) is 0 Å². The average molecular weight is 252 g/mol. The maximum absolute atomic E-state index is 3.86. The van der Waals surface area contributed by atoms with Crippen LogP contribution in [0.4, 0.5) is 0 Å². The Bertz CT molecular complexity index is 206. The van der Waals surface area contributed by atoms with Gasteiger partial charge in [0.1, 0.15) is 0 Å². The van der Waals surface area contributed by atoms with Crippen LogP contribution in [-0.4, -0.2) is 0 Å². The minimum atomic E-state index is 0.631.